The highest BCUT2D eigenvalue weighted by Crippen LogP contribution is 2.12. The summed E-state index contributed by atoms with van der Waals surface area (Å²) in [5.74, 6) is -0.214. The topological polar surface area (TPSA) is 43.4 Å². The molecule has 76 valence electrons. The first-order chi connectivity index (χ1) is 6.22. The van der Waals surface area contributed by atoms with E-state index in [4.69, 9.17) is 4.74 Å². The molecule has 3 nitrogen and oxygen atoms in total. The van der Waals surface area contributed by atoms with E-state index in [-0.39, 0.29) is 10.8 Å². The number of unbranched alkanes of at least 4 members (excludes halogenated alkanes) is 2. The second kappa shape index (κ2) is 8.23. The van der Waals surface area contributed by atoms with E-state index in [1.807, 2.05) is 0 Å². The van der Waals surface area contributed by atoms with E-state index in [1.54, 1.807) is 6.92 Å². The Labute approximate surface area is 87.0 Å². The molecule has 0 spiro atoms. The Morgan fingerprint density at radius 2 is 2.23 bits per heavy atom. The summed E-state index contributed by atoms with van der Waals surface area (Å²) in [5, 5.41) is 0. The van der Waals surface area contributed by atoms with Gasteiger partial charge in [-0.25, -0.2) is 0 Å². The van der Waals surface area contributed by atoms with Gasteiger partial charge >= 0.3 is 5.97 Å². The highest BCUT2D eigenvalue weighted by atomic mass is 79.9. The van der Waals surface area contributed by atoms with Gasteiger partial charge in [-0.3, -0.25) is 4.79 Å². The molecule has 1 unspecified atom stereocenters. The van der Waals surface area contributed by atoms with Gasteiger partial charge in [0.05, 0.1) is 6.61 Å². The minimum Gasteiger partial charge on any atom is -0.465 e. The summed E-state index contributed by atoms with van der Waals surface area (Å²) in [6, 6.07) is 0. The fraction of sp³-hybridized carbons (Fsp3) is 0.778. The summed E-state index contributed by atoms with van der Waals surface area (Å²) < 4.78 is 4.81. The predicted molar refractivity (Wildman–Crippen MR) is 53.9 cm³/mol. The average Bonchev–Trinajstić information content (AvgIpc) is 2.12. The Hall–Kier alpha value is -0.380. The first kappa shape index (κ1) is 12.6. The van der Waals surface area contributed by atoms with Crippen molar-refractivity contribution in [2.45, 2.75) is 37.4 Å². The lowest BCUT2D eigenvalue weighted by Gasteiger charge is -2.07. The van der Waals surface area contributed by atoms with Crippen molar-refractivity contribution in [3.63, 3.8) is 0 Å². The molecule has 0 saturated heterocycles. The molecule has 0 amide bonds. The van der Waals surface area contributed by atoms with Crippen LogP contribution in [0.2, 0.25) is 0 Å². The standard InChI is InChI=1S/C9H15BrO3/c1-2-13-9(12)8(10)6-4-3-5-7-11/h7-8H,2-6H2,1H3. The summed E-state index contributed by atoms with van der Waals surface area (Å²) in [6.45, 7) is 2.19. The monoisotopic (exact) mass is 250 g/mol. The van der Waals surface area contributed by atoms with Gasteiger partial charge in [-0.2, -0.15) is 0 Å². The molecular formula is C9H15BrO3. The van der Waals surface area contributed by atoms with Gasteiger partial charge in [0.25, 0.3) is 0 Å². The fourth-order valence-electron chi connectivity index (χ4n) is 0.902. The first-order valence-electron chi connectivity index (χ1n) is 4.46. The normalized spacial score (nSPS) is 12.2. The van der Waals surface area contributed by atoms with Gasteiger partial charge < -0.3 is 9.53 Å². The van der Waals surface area contributed by atoms with Crippen LogP contribution in [0.15, 0.2) is 0 Å². The number of hydrogen-bond donors (Lipinski definition) is 0. The molecule has 0 aromatic rings. The average molecular weight is 251 g/mol. The number of esters is 1. The third kappa shape index (κ3) is 6.75. The number of ether oxygens (including phenoxy) is 1. The summed E-state index contributed by atoms with van der Waals surface area (Å²) >= 11 is 3.23. The zero-order valence-electron chi connectivity index (χ0n) is 7.79. The minimum absolute atomic E-state index is 0.214. The number of alkyl halides is 1. The minimum atomic E-state index is -0.223. The SMILES string of the molecule is CCOC(=O)C(Br)CCCCC=O. The molecule has 0 fully saturated rings. The van der Waals surface area contributed by atoms with Crippen LogP contribution < -0.4 is 0 Å². The maximum Gasteiger partial charge on any atom is 0.319 e. The van der Waals surface area contributed by atoms with E-state index in [0.29, 0.717) is 13.0 Å². The molecule has 1 atom stereocenters. The molecule has 0 rings (SSSR count). The van der Waals surface area contributed by atoms with E-state index in [9.17, 15) is 9.59 Å². The van der Waals surface area contributed by atoms with Crippen LogP contribution in [0.25, 0.3) is 0 Å². The lowest BCUT2D eigenvalue weighted by Crippen LogP contribution is -2.17. The van der Waals surface area contributed by atoms with Gasteiger partial charge in [-0.1, -0.05) is 22.4 Å². The van der Waals surface area contributed by atoms with Crippen molar-refractivity contribution in [2.24, 2.45) is 0 Å². The molecular weight excluding hydrogens is 236 g/mol. The van der Waals surface area contributed by atoms with Gasteiger partial charge in [0.2, 0.25) is 0 Å². The quantitative estimate of drug-likeness (QED) is 0.301. The zero-order valence-corrected chi connectivity index (χ0v) is 9.38. The van der Waals surface area contributed by atoms with E-state index >= 15 is 0 Å². The van der Waals surface area contributed by atoms with Crippen LogP contribution in [0.5, 0.6) is 0 Å². The number of carbonyl (C=O) groups excluding carboxylic acids is 2. The van der Waals surface area contributed by atoms with Crippen LogP contribution >= 0.6 is 15.9 Å². The second-order valence-corrected chi connectivity index (χ2v) is 3.78. The number of hydrogen-bond acceptors (Lipinski definition) is 3. The Morgan fingerprint density at radius 3 is 2.77 bits per heavy atom. The second-order valence-electron chi connectivity index (χ2n) is 2.67. The van der Waals surface area contributed by atoms with Crippen molar-refractivity contribution in [1.82, 2.24) is 0 Å². The maximum atomic E-state index is 11.1. The van der Waals surface area contributed by atoms with Crippen molar-refractivity contribution in [3.8, 4) is 0 Å². The zero-order chi connectivity index (χ0) is 10.1. The highest BCUT2D eigenvalue weighted by molar-refractivity contribution is 9.10. The Morgan fingerprint density at radius 1 is 1.54 bits per heavy atom. The first-order valence-corrected chi connectivity index (χ1v) is 5.38. The van der Waals surface area contributed by atoms with Crippen LogP contribution in [0.1, 0.15) is 32.6 Å². The van der Waals surface area contributed by atoms with Gasteiger partial charge in [0.15, 0.2) is 0 Å². The van der Waals surface area contributed by atoms with Crippen LogP contribution in [-0.2, 0) is 14.3 Å². The van der Waals surface area contributed by atoms with Gasteiger partial charge in [-0.05, 0) is 19.8 Å². The van der Waals surface area contributed by atoms with Crippen molar-refractivity contribution in [2.75, 3.05) is 6.61 Å². The predicted octanol–water partition coefficient (Wildman–Crippen LogP) is 2.07. The Balaban J connectivity index is 3.43. The van der Waals surface area contributed by atoms with Gasteiger partial charge in [-0.15, -0.1) is 0 Å². The van der Waals surface area contributed by atoms with Crippen LogP contribution in [-0.4, -0.2) is 23.7 Å². The molecule has 0 aromatic carbocycles. The molecule has 0 aromatic heterocycles. The molecule has 0 saturated carbocycles. The number of halogens is 1. The molecule has 0 radical (unpaired) electrons. The molecule has 0 N–H and O–H groups in total. The third-order valence-corrected chi connectivity index (χ3v) is 2.40. The summed E-state index contributed by atoms with van der Waals surface area (Å²) in [4.78, 5) is 20.8. The van der Waals surface area contributed by atoms with E-state index in [1.165, 1.54) is 0 Å². The Bertz CT molecular complexity index is 159. The van der Waals surface area contributed by atoms with Crippen LogP contribution in [0.4, 0.5) is 0 Å². The maximum absolute atomic E-state index is 11.1. The largest absolute Gasteiger partial charge is 0.465 e. The van der Waals surface area contributed by atoms with Crippen molar-refractivity contribution >= 4 is 28.2 Å². The fourth-order valence-corrected chi connectivity index (χ4v) is 1.36. The van der Waals surface area contributed by atoms with Crippen LogP contribution in [0.3, 0.4) is 0 Å². The van der Waals surface area contributed by atoms with Crippen molar-refractivity contribution in [3.05, 3.63) is 0 Å². The van der Waals surface area contributed by atoms with Crippen LogP contribution in [0, 0.1) is 0 Å². The summed E-state index contributed by atoms with van der Waals surface area (Å²) in [7, 11) is 0. The molecule has 0 aliphatic heterocycles. The molecule has 0 heterocycles. The van der Waals surface area contributed by atoms with Gasteiger partial charge in [0.1, 0.15) is 11.1 Å². The summed E-state index contributed by atoms with van der Waals surface area (Å²) in [5.41, 5.74) is 0. The van der Waals surface area contributed by atoms with Gasteiger partial charge in [0, 0.05) is 6.42 Å². The van der Waals surface area contributed by atoms with E-state index in [2.05, 4.69) is 15.9 Å². The molecule has 13 heavy (non-hydrogen) atoms. The third-order valence-electron chi connectivity index (χ3n) is 1.57. The van der Waals surface area contributed by atoms with E-state index < -0.39 is 0 Å². The van der Waals surface area contributed by atoms with Crippen molar-refractivity contribution < 1.29 is 14.3 Å². The lowest BCUT2D eigenvalue weighted by atomic mass is 10.1. The smallest absolute Gasteiger partial charge is 0.319 e. The number of carbonyl (C=O) groups is 2. The number of rotatable bonds is 7. The molecule has 0 aliphatic rings. The Kier molecular flexibility index (Phi) is 7.99. The molecule has 0 bridgehead atoms. The lowest BCUT2D eigenvalue weighted by molar-refractivity contribution is -0.142. The number of aldehydes is 1. The van der Waals surface area contributed by atoms with Crippen molar-refractivity contribution in [1.29, 1.82) is 0 Å². The molecule has 0 aliphatic carbocycles. The van der Waals surface area contributed by atoms with E-state index in [0.717, 1.165) is 25.5 Å². The highest BCUT2D eigenvalue weighted by Gasteiger charge is 2.14. The summed E-state index contributed by atoms with van der Waals surface area (Å²) in [6.07, 6.45) is 3.90. The molecule has 4 heteroatoms.